The van der Waals surface area contributed by atoms with E-state index in [2.05, 4.69) is 56.3 Å². The summed E-state index contributed by atoms with van der Waals surface area (Å²) in [7, 11) is 1.70. The van der Waals surface area contributed by atoms with Crippen molar-refractivity contribution in [3.8, 4) is 16.9 Å². The summed E-state index contributed by atoms with van der Waals surface area (Å²) < 4.78 is 18.1. The van der Waals surface area contributed by atoms with Crippen LogP contribution in [0.5, 0.6) is 5.75 Å². The number of amides is 1. The zero-order valence-electron chi connectivity index (χ0n) is 23.4. The van der Waals surface area contributed by atoms with Crippen molar-refractivity contribution < 1.29 is 19.0 Å². The number of anilines is 1. The number of methoxy groups -OCH3 is 1. The van der Waals surface area contributed by atoms with Crippen molar-refractivity contribution in [2.75, 3.05) is 18.6 Å². The van der Waals surface area contributed by atoms with Crippen LogP contribution in [0.3, 0.4) is 0 Å². The number of hydrogen-bond acceptors (Lipinski definition) is 4. The molecule has 0 radical (unpaired) electrons. The van der Waals surface area contributed by atoms with Gasteiger partial charge in [0.25, 0.3) is 0 Å². The summed E-state index contributed by atoms with van der Waals surface area (Å²) >= 11 is 0. The lowest BCUT2D eigenvalue weighted by Gasteiger charge is -2.39. The van der Waals surface area contributed by atoms with Gasteiger partial charge in [0.2, 0.25) is 0 Å². The van der Waals surface area contributed by atoms with Gasteiger partial charge in [-0.3, -0.25) is 4.90 Å². The number of nitrogens with zero attached hydrogens (tertiary/aromatic N) is 1. The second-order valence-corrected chi connectivity index (χ2v) is 10.8. The van der Waals surface area contributed by atoms with Gasteiger partial charge in [0.1, 0.15) is 17.9 Å². The fourth-order valence-electron chi connectivity index (χ4n) is 6.77. The van der Waals surface area contributed by atoms with Gasteiger partial charge in [-0.15, -0.1) is 0 Å². The Hall–Kier alpha value is -4.61. The number of cyclic esters (lactones) is 1. The third-order valence-electron chi connectivity index (χ3n) is 8.79. The first-order valence-electron chi connectivity index (χ1n) is 13.9. The lowest BCUT2D eigenvalue weighted by molar-refractivity contribution is 0.134. The highest BCUT2D eigenvalue weighted by Crippen LogP contribution is 2.53. The van der Waals surface area contributed by atoms with E-state index in [1.165, 1.54) is 5.56 Å². The number of ether oxygens (including phenoxy) is 3. The Kier molecular flexibility index (Phi) is 6.06. The van der Waals surface area contributed by atoms with Crippen LogP contribution in [0.25, 0.3) is 21.9 Å². The maximum absolute atomic E-state index is 14.1. The molecule has 5 nitrogen and oxygen atoms in total. The number of hydrogen-bond donors (Lipinski definition) is 0. The molecule has 1 amide bonds. The van der Waals surface area contributed by atoms with E-state index in [-0.39, 0.29) is 12.7 Å². The Morgan fingerprint density at radius 1 is 0.732 bits per heavy atom. The first-order chi connectivity index (χ1) is 20.1. The van der Waals surface area contributed by atoms with E-state index in [9.17, 15) is 4.79 Å². The quantitative estimate of drug-likeness (QED) is 0.226. The van der Waals surface area contributed by atoms with Crippen LogP contribution in [0.2, 0.25) is 0 Å². The minimum atomic E-state index is -0.878. The predicted molar refractivity (Wildman–Crippen MR) is 161 cm³/mol. The van der Waals surface area contributed by atoms with Gasteiger partial charge in [-0.25, -0.2) is 4.79 Å². The first-order valence-corrected chi connectivity index (χ1v) is 13.9. The lowest BCUT2D eigenvalue weighted by atomic mass is 9.79. The molecule has 0 aromatic heterocycles. The molecule has 2 aliphatic heterocycles. The average molecular weight is 542 g/mol. The van der Waals surface area contributed by atoms with E-state index in [4.69, 9.17) is 14.2 Å². The maximum atomic E-state index is 14.1. The molecule has 5 aromatic carbocycles. The third-order valence-corrected chi connectivity index (χ3v) is 8.79. The van der Waals surface area contributed by atoms with Crippen LogP contribution in [-0.2, 0) is 28.2 Å². The zero-order valence-corrected chi connectivity index (χ0v) is 23.4. The molecule has 5 heteroatoms. The summed E-state index contributed by atoms with van der Waals surface area (Å²) in [5, 5.41) is 2.16. The summed E-state index contributed by atoms with van der Waals surface area (Å²) in [6.07, 6.45) is -0.375. The van der Waals surface area contributed by atoms with Crippen molar-refractivity contribution in [3.63, 3.8) is 0 Å². The fourth-order valence-corrected chi connectivity index (χ4v) is 6.77. The van der Waals surface area contributed by atoms with Crippen molar-refractivity contribution in [2.24, 2.45) is 0 Å². The maximum Gasteiger partial charge on any atom is 0.415 e. The highest BCUT2D eigenvalue weighted by Gasteiger charge is 2.52. The van der Waals surface area contributed by atoms with Crippen LogP contribution in [0, 0.1) is 13.8 Å². The second kappa shape index (κ2) is 9.79. The lowest BCUT2D eigenvalue weighted by Crippen LogP contribution is -2.46. The van der Waals surface area contributed by atoms with Crippen molar-refractivity contribution in [1.82, 2.24) is 0 Å². The molecular weight excluding hydrogens is 510 g/mol. The van der Waals surface area contributed by atoms with Gasteiger partial charge < -0.3 is 14.2 Å². The molecule has 5 aromatic rings. The molecule has 0 aliphatic carbocycles. The van der Waals surface area contributed by atoms with Gasteiger partial charge in [0, 0.05) is 11.1 Å². The Labute approximate surface area is 239 Å². The number of carbonyl (C=O) groups is 1. The summed E-state index contributed by atoms with van der Waals surface area (Å²) in [4.78, 5) is 16.0. The fraction of sp³-hybridized carbons (Fsp3) is 0.194. The van der Waals surface area contributed by atoms with E-state index in [1.807, 2.05) is 59.5 Å². The second-order valence-electron chi connectivity index (χ2n) is 10.8. The van der Waals surface area contributed by atoms with Gasteiger partial charge in [-0.05, 0) is 64.1 Å². The Morgan fingerprint density at radius 2 is 1.34 bits per heavy atom. The van der Waals surface area contributed by atoms with Crippen LogP contribution in [0.1, 0.15) is 33.4 Å². The highest BCUT2D eigenvalue weighted by molar-refractivity contribution is 6.08. The molecule has 1 fully saturated rings. The van der Waals surface area contributed by atoms with Crippen LogP contribution < -0.4 is 9.64 Å². The van der Waals surface area contributed by atoms with Gasteiger partial charge in [0.15, 0.2) is 0 Å². The summed E-state index contributed by atoms with van der Waals surface area (Å²) in [5.74, 6) is 0.754. The average Bonchev–Trinajstić information content (AvgIpc) is 3.65. The minimum absolute atomic E-state index is 0.193. The van der Waals surface area contributed by atoms with Gasteiger partial charge in [-0.2, -0.15) is 0 Å². The largest absolute Gasteiger partial charge is 0.496 e. The van der Waals surface area contributed by atoms with Crippen LogP contribution in [0.4, 0.5) is 10.5 Å². The third kappa shape index (κ3) is 3.69. The molecule has 0 atom stereocenters. The smallest absolute Gasteiger partial charge is 0.415 e. The molecule has 2 heterocycles. The van der Waals surface area contributed by atoms with Crippen molar-refractivity contribution in [2.45, 2.75) is 32.6 Å². The molecule has 0 saturated carbocycles. The normalized spacial score (nSPS) is 15.7. The molecular formula is C36H31NO4. The first kappa shape index (κ1) is 25.4. The highest BCUT2D eigenvalue weighted by atomic mass is 16.6. The van der Waals surface area contributed by atoms with E-state index < -0.39 is 5.54 Å². The molecule has 7 rings (SSSR count). The van der Waals surface area contributed by atoms with E-state index >= 15 is 0 Å². The summed E-state index contributed by atoms with van der Waals surface area (Å²) in [5.41, 5.74) is 8.27. The van der Waals surface area contributed by atoms with Gasteiger partial charge >= 0.3 is 6.09 Å². The summed E-state index contributed by atoms with van der Waals surface area (Å²) in [6.45, 7) is 5.48. The molecule has 204 valence electrons. The molecule has 41 heavy (non-hydrogen) atoms. The Balaban J connectivity index is 1.64. The topological polar surface area (TPSA) is 48.0 Å². The summed E-state index contributed by atoms with van der Waals surface area (Å²) in [6, 6.07) is 32.8. The van der Waals surface area contributed by atoms with E-state index in [0.717, 1.165) is 61.2 Å². The number of fused-ring (bicyclic) bond motifs is 2. The van der Waals surface area contributed by atoms with E-state index in [1.54, 1.807) is 7.11 Å². The number of benzene rings is 5. The van der Waals surface area contributed by atoms with Crippen LogP contribution >= 0.6 is 0 Å². The van der Waals surface area contributed by atoms with Crippen molar-refractivity contribution in [3.05, 3.63) is 130 Å². The Morgan fingerprint density at radius 3 is 2.00 bits per heavy atom. The Bertz CT molecular complexity index is 1760. The van der Waals surface area contributed by atoms with E-state index in [0.29, 0.717) is 13.2 Å². The molecule has 0 unspecified atom stereocenters. The van der Waals surface area contributed by atoms with Crippen LogP contribution in [-0.4, -0.2) is 19.8 Å². The predicted octanol–water partition coefficient (Wildman–Crippen LogP) is 8.06. The number of carbonyl (C=O) groups excluding carboxylic acids is 1. The van der Waals surface area contributed by atoms with Crippen molar-refractivity contribution >= 4 is 22.6 Å². The molecule has 0 bridgehead atoms. The van der Waals surface area contributed by atoms with Crippen LogP contribution in [0.15, 0.2) is 97.1 Å². The zero-order chi connectivity index (χ0) is 28.1. The van der Waals surface area contributed by atoms with Gasteiger partial charge in [0.05, 0.1) is 26.0 Å². The molecule has 1 saturated heterocycles. The monoisotopic (exact) mass is 541 g/mol. The standard InChI is InChI=1S/C36H31NO4/c1-23-29-20-40-21-30(29)24(2)34(32(23)33-28-17-11-10-12-25(28)18-19-31(33)39-3)37-35(38)41-22-36(37,26-13-6-4-7-14-26)27-15-8-5-9-16-27/h4-19H,20-22H2,1-3H3. The molecule has 2 aliphatic rings. The SMILES string of the molecule is COc1ccc2ccccc2c1-c1c(C)c2c(c(C)c1N1C(=O)OCC1(c1ccccc1)c1ccccc1)COC2. The van der Waals surface area contributed by atoms with Crippen molar-refractivity contribution in [1.29, 1.82) is 0 Å². The molecule has 0 spiro atoms. The number of rotatable bonds is 5. The minimum Gasteiger partial charge on any atom is -0.496 e. The molecule has 0 N–H and O–H groups in total. The van der Waals surface area contributed by atoms with Gasteiger partial charge in [-0.1, -0.05) is 91.0 Å².